The molecule has 0 amide bonds. The molecule has 5 nitrogen and oxygen atoms in total. The van der Waals surface area contributed by atoms with Gasteiger partial charge in [-0.1, -0.05) is 0 Å². The molecule has 1 aliphatic heterocycles. The standard InChI is InChI=1S/C10H12F3N3O2S/c1-19(17,18)5-8-15-7-2-3-14-4-6(7)9(16-8)10(11,12)13/h14H,2-5H2,1H3. The highest BCUT2D eigenvalue weighted by atomic mass is 32.2. The van der Waals surface area contributed by atoms with Crippen LogP contribution in [0.4, 0.5) is 13.2 Å². The summed E-state index contributed by atoms with van der Waals surface area (Å²) in [6.45, 7) is 0.558. The van der Waals surface area contributed by atoms with E-state index in [1.165, 1.54) is 0 Å². The fourth-order valence-corrected chi connectivity index (χ4v) is 2.53. The van der Waals surface area contributed by atoms with Gasteiger partial charge < -0.3 is 5.32 Å². The van der Waals surface area contributed by atoms with Gasteiger partial charge in [-0.3, -0.25) is 0 Å². The number of hydrogen-bond acceptors (Lipinski definition) is 5. The first kappa shape index (κ1) is 14.2. The zero-order valence-corrected chi connectivity index (χ0v) is 10.9. The van der Waals surface area contributed by atoms with Gasteiger partial charge in [0.05, 0.1) is 5.69 Å². The summed E-state index contributed by atoms with van der Waals surface area (Å²) in [6.07, 6.45) is -3.35. The molecular weight excluding hydrogens is 283 g/mol. The van der Waals surface area contributed by atoms with Crippen molar-refractivity contribution >= 4 is 9.84 Å². The van der Waals surface area contributed by atoms with E-state index < -0.39 is 27.5 Å². The van der Waals surface area contributed by atoms with Crippen LogP contribution in [0.5, 0.6) is 0 Å². The molecule has 0 saturated heterocycles. The maximum absolute atomic E-state index is 12.9. The molecule has 1 N–H and O–H groups in total. The number of nitrogens with one attached hydrogen (secondary N) is 1. The first-order valence-electron chi connectivity index (χ1n) is 5.51. The van der Waals surface area contributed by atoms with Gasteiger partial charge in [-0.15, -0.1) is 0 Å². The molecule has 0 aliphatic carbocycles. The number of aromatic nitrogens is 2. The van der Waals surface area contributed by atoms with Crippen LogP contribution in [0.2, 0.25) is 0 Å². The zero-order chi connectivity index (χ0) is 14.3. The summed E-state index contributed by atoms with van der Waals surface area (Å²) in [5.74, 6) is -0.882. The molecule has 9 heteroatoms. The van der Waals surface area contributed by atoms with Gasteiger partial charge in [0.1, 0.15) is 11.6 Å². The predicted molar refractivity (Wildman–Crippen MR) is 61.0 cm³/mol. The second kappa shape index (κ2) is 4.71. The van der Waals surface area contributed by atoms with Crippen LogP contribution in [0.3, 0.4) is 0 Å². The van der Waals surface area contributed by atoms with Gasteiger partial charge in [-0.25, -0.2) is 18.4 Å². The minimum absolute atomic E-state index is 0.0102. The van der Waals surface area contributed by atoms with Crippen molar-refractivity contribution in [1.82, 2.24) is 15.3 Å². The highest BCUT2D eigenvalue weighted by molar-refractivity contribution is 7.89. The average molecular weight is 295 g/mol. The Morgan fingerprint density at radius 2 is 2.00 bits per heavy atom. The van der Waals surface area contributed by atoms with Gasteiger partial charge in [0.25, 0.3) is 0 Å². The van der Waals surface area contributed by atoms with E-state index in [2.05, 4.69) is 15.3 Å². The van der Waals surface area contributed by atoms with E-state index in [0.717, 1.165) is 6.26 Å². The fourth-order valence-electron chi connectivity index (χ4n) is 1.93. The Bertz CT molecular complexity index is 599. The van der Waals surface area contributed by atoms with Crippen LogP contribution in [0, 0.1) is 0 Å². The van der Waals surface area contributed by atoms with Gasteiger partial charge in [-0.2, -0.15) is 13.2 Å². The molecule has 1 aromatic rings. The van der Waals surface area contributed by atoms with Crippen molar-refractivity contribution in [3.8, 4) is 0 Å². The average Bonchev–Trinajstić information content (AvgIpc) is 2.24. The molecule has 106 valence electrons. The molecule has 0 bridgehead atoms. The number of rotatable bonds is 2. The molecule has 0 radical (unpaired) electrons. The minimum atomic E-state index is -4.61. The van der Waals surface area contributed by atoms with Crippen LogP contribution in [0.25, 0.3) is 0 Å². The maximum Gasteiger partial charge on any atom is 0.433 e. The normalized spacial score (nSPS) is 16.2. The van der Waals surface area contributed by atoms with Gasteiger partial charge in [-0.05, 0) is 0 Å². The van der Waals surface area contributed by atoms with E-state index >= 15 is 0 Å². The summed E-state index contributed by atoms with van der Waals surface area (Å²) in [7, 11) is -3.47. The van der Waals surface area contributed by atoms with Crippen molar-refractivity contribution in [2.45, 2.75) is 24.9 Å². The molecule has 2 rings (SSSR count). The molecule has 0 fully saturated rings. The maximum atomic E-state index is 12.9. The van der Waals surface area contributed by atoms with E-state index in [1.807, 2.05) is 0 Å². The van der Waals surface area contributed by atoms with Gasteiger partial charge in [0.15, 0.2) is 15.5 Å². The summed E-state index contributed by atoms with van der Waals surface area (Å²) in [6, 6.07) is 0. The molecule has 1 aromatic heterocycles. The monoisotopic (exact) mass is 295 g/mol. The van der Waals surface area contributed by atoms with Crippen molar-refractivity contribution < 1.29 is 21.6 Å². The lowest BCUT2D eigenvalue weighted by Crippen LogP contribution is -2.29. The number of fused-ring (bicyclic) bond motifs is 1. The Labute approximate surface area is 108 Å². The molecular formula is C10H12F3N3O2S. The first-order chi connectivity index (χ1) is 8.67. The van der Waals surface area contributed by atoms with Crippen LogP contribution in [0.15, 0.2) is 0 Å². The summed E-state index contributed by atoms with van der Waals surface area (Å²) < 4.78 is 61.1. The van der Waals surface area contributed by atoms with Crippen LogP contribution in [-0.4, -0.2) is 31.2 Å². The SMILES string of the molecule is CS(=O)(=O)Cc1nc2c(c(C(F)(F)F)n1)CNCC2. The summed E-state index contributed by atoms with van der Waals surface area (Å²) in [5.41, 5.74) is -0.751. The summed E-state index contributed by atoms with van der Waals surface area (Å²) in [5, 5.41) is 2.82. The minimum Gasteiger partial charge on any atom is -0.312 e. The summed E-state index contributed by atoms with van der Waals surface area (Å²) >= 11 is 0. The molecule has 19 heavy (non-hydrogen) atoms. The molecule has 0 atom stereocenters. The first-order valence-corrected chi connectivity index (χ1v) is 7.57. The van der Waals surface area contributed by atoms with E-state index in [1.54, 1.807) is 0 Å². The van der Waals surface area contributed by atoms with E-state index in [-0.39, 0.29) is 23.6 Å². The quantitative estimate of drug-likeness (QED) is 0.869. The van der Waals surface area contributed by atoms with Gasteiger partial charge in [0, 0.05) is 31.3 Å². The Kier molecular flexibility index (Phi) is 3.52. The number of sulfone groups is 1. The Hall–Kier alpha value is -1.22. The van der Waals surface area contributed by atoms with E-state index in [9.17, 15) is 21.6 Å². The summed E-state index contributed by atoms with van der Waals surface area (Å²) in [4.78, 5) is 7.33. The van der Waals surface area contributed by atoms with Gasteiger partial charge >= 0.3 is 6.18 Å². The number of hydrogen-bond donors (Lipinski definition) is 1. The smallest absolute Gasteiger partial charge is 0.312 e. The molecule has 0 spiro atoms. The number of alkyl halides is 3. The third-order valence-electron chi connectivity index (χ3n) is 2.64. The van der Waals surface area contributed by atoms with E-state index in [0.29, 0.717) is 13.0 Å². The second-order valence-electron chi connectivity index (χ2n) is 4.41. The molecule has 0 aromatic carbocycles. The van der Waals surface area contributed by atoms with Crippen molar-refractivity contribution in [2.24, 2.45) is 0 Å². The Morgan fingerprint density at radius 3 is 2.58 bits per heavy atom. The second-order valence-corrected chi connectivity index (χ2v) is 6.55. The van der Waals surface area contributed by atoms with Crippen molar-refractivity contribution in [2.75, 3.05) is 12.8 Å². The van der Waals surface area contributed by atoms with Gasteiger partial charge in [0.2, 0.25) is 0 Å². The third-order valence-corrected chi connectivity index (χ3v) is 3.42. The lowest BCUT2D eigenvalue weighted by molar-refractivity contribution is -0.142. The van der Waals surface area contributed by atoms with Crippen molar-refractivity contribution in [3.63, 3.8) is 0 Å². The van der Waals surface area contributed by atoms with Crippen molar-refractivity contribution in [1.29, 1.82) is 0 Å². The molecule has 0 unspecified atom stereocenters. The largest absolute Gasteiger partial charge is 0.433 e. The highest BCUT2D eigenvalue weighted by Gasteiger charge is 2.38. The lowest BCUT2D eigenvalue weighted by atomic mass is 10.0. The predicted octanol–water partition coefficient (Wildman–Crippen LogP) is 0.686. The lowest BCUT2D eigenvalue weighted by Gasteiger charge is -2.21. The van der Waals surface area contributed by atoms with Crippen LogP contribution < -0.4 is 5.32 Å². The highest BCUT2D eigenvalue weighted by Crippen LogP contribution is 2.32. The third kappa shape index (κ3) is 3.41. The molecule has 1 aliphatic rings. The molecule has 2 heterocycles. The topological polar surface area (TPSA) is 72.0 Å². The number of halogens is 3. The fraction of sp³-hybridized carbons (Fsp3) is 0.600. The van der Waals surface area contributed by atoms with Crippen LogP contribution in [-0.2, 0) is 34.7 Å². The van der Waals surface area contributed by atoms with Crippen molar-refractivity contribution in [3.05, 3.63) is 22.8 Å². The zero-order valence-electron chi connectivity index (χ0n) is 10.1. The van der Waals surface area contributed by atoms with Crippen LogP contribution in [0.1, 0.15) is 22.8 Å². The Balaban J connectivity index is 2.54. The van der Waals surface area contributed by atoms with Crippen LogP contribution >= 0.6 is 0 Å². The molecule has 0 saturated carbocycles. The Morgan fingerprint density at radius 1 is 1.32 bits per heavy atom. The number of nitrogens with zero attached hydrogens (tertiary/aromatic N) is 2. The van der Waals surface area contributed by atoms with E-state index in [4.69, 9.17) is 0 Å².